The Morgan fingerprint density at radius 1 is 1.38 bits per heavy atom. The van der Waals surface area contributed by atoms with Crippen molar-refractivity contribution in [1.82, 2.24) is 0 Å². The minimum Gasteiger partial charge on any atom is -0.376 e. The van der Waals surface area contributed by atoms with Crippen molar-refractivity contribution in [3.63, 3.8) is 0 Å². The molecule has 0 saturated heterocycles. The van der Waals surface area contributed by atoms with Gasteiger partial charge in [0.05, 0.1) is 17.2 Å². The minimum atomic E-state index is -0.487. The van der Waals surface area contributed by atoms with E-state index in [1.165, 1.54) is 19.3 Å². The highest BCUT2D eigenvalue weighted by molar-refractivity contribution is 9.10. The van der Waals surface area contributed by atoms with Crippen molar-refractivity contribution in [2.45, 2.75) is 51.2 Å². The number of rotatable bonds is 5. The molecule has 0 aliphatic heterocycles. The highest BCUT2D eigenvalue weighted by Gasteiger charge is 2.32. The highest BCUT2D eigenvalue weighted by Crippen LogP contribution is 2.36. The highest BCUT2D eigenvalue weighted by atomic mass is 79.9. The third-order valence-electron chi connectivity index (χ3n) is 4.25. The Bertz CT molecular complexity index is 480. The van der Waals surface area contributed by atoms with E-state index in [-0.39, 0.29) is 11.1 Å². The van der Waals surface area contributed by atoms with Crippen LogP contribution in [0.4, 0.5) is 4.39 Å². The van der Waals surface area contributed by atoms with Gasteiger partial charge in [0.1, 0.15) is 5.82 Å². The number of benzene rings is 1. The Labute approximate surface area is 139 Å². The van der Waals surface area contributed by atoms with Crippen LogP contribution < -0.4 is 5.73 Å². The lowest BCUT2D eigenvalue weighted by atomic mass is 9.81. The van der Waals surface area contributed by atoms with Gasteiger partial charge in [-0.1, -0.05) is 36.9 Å². The van der Waals surface area contributed by atoms with E-state index in [0.717, 1.165) is 12.8 Å². The molecule has 0 radical (unpaired) electrons. The molecule has 1 aromatic carbocycles. The van der Waals surface area contributed by atoms with Crippen LogP contribution in [0.1, 0.15) is 50.6 Å². The summed E-state index contributed by atoms with van der Waals surface area (Å²) in [6.07, 6.45) is 5.72. The lowest BCUT2D eigenvalue weighted by molar-refractivity contribution is -0.0105. The summed E-state index contributed by atoms with van der Waals surface area (Å²) < 4.78 is 20.8. The second kappa shape index (κ2) is 7.91. The maximum atomic E-state index is 14.4. The molecule has 5 heteroatoms. The molecule has 2 N–H and O–H groups in total. The molecule has 0 amide bonds. The Morgan fingerprint density at radius 2 is 2.05 bits per heavy atom. The molecule has 1 saturated carbocycles. The second-order valence-corrected chi connectivity index (χ2v) is 6.84. The van der Waals surface area contributed by atoms with Gasteiger partial charge in [0.15, 0.2) is 0 Å². The number of halogens is 3. The average Bonchev–Trinajstić information content (AvgIpc) is 2.51. The van der Waals surface area contributed by atoms with Crippen LogP contribution in [0.15, 0.2) is 16.6 Å². The van der Waals surface area contributed by atoms with E-state index >= 15 is 0 Å². The summed E-state index contributed by atoms with van der Waals surface area (Å²) in [7, 11) is 0. The van der Waals surface area contributed by atoms with Crippen molar-refractivity contribution in [2.24, 2.45) is 11.7 Å². The van der Waals surface area contributed by atoms with Gasteiger partial charge >= 0.3 is 0 Å². The van der Waals surface area contributed by atoms with Crippen LogP contribution in [0.5, 0.6) is 0 Å². The SMILES string of the molecule is CCOC(C1CCCCC1)C(N)c1ccc(Br)c(Cl)c1F. The van der Waals surface area contributed by atoms with Gasteiger partial charge in [0, 0.05) is 16.6 Å². The minimum absolute atomic E-state index is 0.0850. The third-order valence-corrected chi connectivity index (χ3v) is 5.51. The smallest absolute Gasteiger partial charge is 0.147 e. The van der Waals surface area contributed by atoms with E-state index in [1.54, 1.807) is 12.1 Å². The van der Waals surface area contributed by atoms with Crippen LogP contribution >= 0.6 is 27.5 Å². The number of ether oxygens (including phenoxy) is 1. The lowest BCUT2D eigenvalue weighted by Crippen LogP contribution is -2.37. The Balaban J connectivity index is 2.25. The molecule has 2 atom stereocenters. The Hall–Kier alpha value is -0.160. The Kier molecular flexibility index (Phi) is 6.48. The largest absolute Gasteiger partial charge is 0.376 e. The van der Waals surface area contributed by atoms with E-state index in [9.17, 15) is 4.39 Å². The van der Waals surface area contributed by atoms with Gasteiger partial charge in [-0.05, 0) is 47.7 Å². The molecule has 118 valence electrons. The molecular weight excluding hydrogens is 357 g/mol. The summed E-state index contributed by atoms with van der Waals surface area (Å²) >= 11 is 9.21. The van der Waals surface area contributed by atoms with Crippen molar-refractivity contribution in [3.8, 4) is 0 Å². The monoisotopic (exact) mass is 377 g/mol. The van der Waals surface area contributed by atoms with Gasteiger partial charge in [0.25, 0.3) is 0 Å². The van der Waals surface area contributed by atoms with E-state index in [0.29, 0.717) is 22.6 Å². The van der Waals surface area contributed by atoms with Gasteiger partial charge in [-0.25, -0.2) is 4.39 Å². The van der Waals surface area contributed by atoms with Crippen LogP contribution in [-0.2, 0) is 4.74 Å². The Morgan fingerprint density at radius 3 is 2.67 bits per heavy atom. The maximum absolute atomic E-state index is 14.4. The molecule has 2 rings (SSSR count). The summed E-state index contributed by atoms with van der Waals surface area (Å²) in [5.41, 5.74) is 6.77. The standard InChI is InChI=1S/C16H22BrClFNO/c1-2-21-16(10-6-4-3-5-7-10)15(20)11-8-9-12(17)13(18)14(11)19/h8-10,15-16H,2-7,20H2,1H3. The van der Waals surface area contributed by atoms with Crippen molar-refractivity contribution in [1.29, 1.82) is 0 Å². The first kappa shape index (κ1) is 17.2. The van der Waals surface area contributed by atoms with Crippen molar-refractivity contribution in [3.05, 3.63) is 33.0 Å². The summed E-state index contributed by atoms with van der Waals surface area (Å²) in [5.74, 6) is -0.0467. The number of hydrogen-bond donors (Lipinski definition) is 1. The molecule has 1 fully saturated rings. The van der Waals surface area contributed by atoms with Crippen LogP contribution in [0.25, 0.3) is 0 Å². The lowest BCUT2D eigenvalue weighted by Gasteiger charge is -2.34. The molecule has 1 aliphatic carbocycles. The van der Waals surface area contributed by atoms with Gasteiger partial charge < -0.3 is 10.5 Å². The second-order valence-electron chi connectivity index (χ2n) is 5.61. The predicted molar refractivity (Wildman–Crippen MR) is 88.0 cm³/mol. The van der Waals surface area contributed by atoms with E-state index in [2.05, 4.69) is 15.9 Å². The van der Waals surface area contributed by atoms with Gasteiger partial charge in [0.2, 0.25) is 0 Å². The molecule has 0 aromatic heterocycles. The maximum Gasteiger partial charge on any atom is 0.147 e. The molecule has 1 aromatic rings. The summed E-state index contributed by atoms with van der Waals surface area (Å²) in [5, 5.41) is 0.0850. The molecule has 2 nitrogen and oxygen atoms in total. The van der Waals surface area contributed by atoms with Crippen molar-refractivity contribution < 1.29 is 9.13 Å². The zero-order valence-corrected chi connectivity index (χ0v) is 14.6. The van der Waals surface area contributed by atoms with Crippen LogP contribution in [0.3, 0.4) is 0 Å². The molecule has 2 unspecified atom stereocenters. The van der Waals surface area contributed by atoms with Gasteiger partial charge in [-0.2, -0.15) is 0 Å². The van der Waals surface area contributed by atoms with Crippen LogP contribution in [0.2, 0.25) is 5.02 Å². The first-order valence-electron chi connectivity index (χ1n) is 7.56. The average molecular weight is 379 g/mol. The fourth-order valence-electron chi connectivity index (χ4n) is 3.16. The topological polar surface area (TPSA) is 35.2 Å². The van der Waals surface area contributed by atoms with Gasteiger partial charge in [-0.15, -0.1) is 0 Å². The van der Waals surface area contributed by atoms with E-state index in [4.69, 9.17) is 22.1 Å². The fourth-order valence-corrected chi connectivity index (χ4v) is 3.64. The quantitative estimate of drug-likeness (QED) is 0.712. The zero-order chi connectivity index (χ0) is 15.4. The molecule has 0 heterocycles. The normalized spacial score (nSPS) is 19.5. The van der Waals surface area contributed by atoms with Crippen molar-refractivity contribution in [2.75, 3.05) is 6.61 Å². The summed E-state index contributed by atoms with van der Waals surface area (Å²) in [6.45, 7) is 2.54. The number of nitrogens with two attached hydrogens (primary N) is 1. The van der Waals surface area contributed by atoms with Gasteiger partial charge in [-0.3, -0.25) is 0 Å². The van der Waals surface area contributed by atoms with E-state index < -0.39 is 11.9 Å². The summed E-state index contributed by atoms with van der Waals surface area (Å²) in [4.78, 5) is 0. The first-order chi connectivity index (χ1) is 10.1. The zero-order valence-electron chi connectivity index (χ0n) is 12.2. The molecule has 21 heavy (non-hydrogen) atoms. The molecular formula is C16H22BrClFNO. The number of hydrogen-bond acceptors (Lipinski definition) is 2. The molecule has 0 spiro atoms. The fraction of sp³-hybridized carbons (Fsp3) is 0.625. The third kappa shape index (κ3) is 3.98. The summed E-state index contributed by atoms with van der Waals surface area (Å²) in [6, 6.07) is 2.95. The molecule has 0 bridgehead atoms. The van der Waals surface area contributed by atoms with Crippen LogP contribution in [-0.4, -0.2) is 12.7 Å². The predicted octanol–water partition coefficient (Wildman–Crippen LogP) is 5.23. The van der Waals surface area contributed by atoms with Crippen LogP contribution in [0, 0.1) is 11.7 Å². The molecule has 1 aliphatic rings. The van der Waals surface area contributed by atoms with Crippen molar-refractivity contribution >= 4 is 27.5 Å². The van der Waals surface area contributed by atoms with E-state index in [1.807, 2.05) is 6.92 Å². The first-order valence-corrected chi connectivity index (χ1v) is 8.74.